The normalized spacial score (nSPS) is 17.6. The van der Waals surface area contributed by atoms with Crippen LogP contribution in [0.1, 0.15) is 34.5 Å². The minimum Gasteiger partial charge on any atom is -0.496 e. The molecule has 1 saturated heterocycles. The van der Waals surface area contributed by atoms with Crippen molar-refractivity contribution in [1.29, 1.82) is 0 Å². The topological polar surface area (TPSA) is 109 Å². The highest BCUT2D eigenvalue weighted by molar-refractivity contribution is 6.01. The molecule has 0 aliphatic carbocycles. The number of halogens is 1. The van der Waals surface area contributed by atoms with Gasteiger partial charge in [0.05, 0.1) is 19.7 Å². The van der Waals surface area contributed by atoms with Crippen molar-refractivity contribution in [3.8, 4) is 17.0 Å². The van der Waals surface area contributed by atoms with E-state index in [2.05, 4.69) is 20.5 Å². The molecule has 10 heteroatoms. The smallest absolute Gasteiger partial charge is 0.323 e. The van der Waals surface area contributed by atoms with Crippen LogP contribution in [-0.2, 0) is 16.1 Å². The fourth-order valence-corrected chi connectivity index (χ4v) is 5.16. The highest BCUT2D eigenvalue weighted by Gasteiger charge is 2.35. The number of H-pyrrole nitrogens is 1. The zero-order valence-electron chi connectivity index (χ0n) is 22.0. The van der Waals surface area contributed by atoms with Crippen molar-refractivity contribution in [2.24, 2.45) is 0 Å². The average molecular weight is 532 g/mol. The number of esters is 1. The Morgan fingerprint density at radius 3 is 2.77 bits per heavy atom. The number of hydrogen-bond donors (Lipinski definition) is 2. The molecule has 2 aromatic heterocycles. The summed E-state index contributed by atoms with van der Waals surface area (Å²) < 4.78 is 25.1. The number of amides is 1. The van der Waals surface area contributed by atoms with E-state index < -0.39 is 11.9 Å². The predicted octanol–water partition coefficient (Wildman–Crippen LogP) is 4.02. The number of carbonyl (C=O) groups excluding carboxylic acids is 2. The zero-order valence-corrected chi connectivity index (χ0v) is 22.0. The molecule has 1 fully saturated rings. The van der Waals surface area contributed by atoms with E-state index in [0.29, 0.717) is 36.3 Å². The molecule has 0 spiro atoms. The zero-order chi connectivity index (χ0) is 27.5. The van der Waals surface area contributed by atoms with Gasteiger partial charge < -0.3 is 14.8 Å². The second kappa shape index (κ2) is 11.2. The van der Waals surface area contributed by atoms with E-state index in [1.165, 1.54) is 20.3 Å². The van der Waals surface area contributed by atoms with Gasteiger partial charge in [0.1, 0.15) is 23.3 Å². The van der Waals surface area contributed by atoms with Crippen molar-refractivity contribution in [3.63, 3.8) is 0 Å². The maximum atomic E-state index is 14.7. The molecule has 2 unspecified atom stereocenters. The van der Waals surface area contributed by atoms with Crippen LogP contribution in [0.3, 0.4) is 0 Å². The predicted molar refractivity (Wildman–Crippen MR) is 144 cm³/mol. The molecule has 2 aromatic carbocycles. The van der Waals surface area contributed by atoms with Gasteiger partial charge in [-0.15, -0.1) is 0 Å². The Hall–Kier alpha value is -4.31. The van der Waals surface area contributed by atoms with E-state index in [1.54, 1.807) is 24.4 Å². The van der Waals surface area contributed by atoms with Crippen LogP contribution in [0.2, 0.25) is 0 Å². The van der Waals surface area contributed by atoms with Crippen molar-refractivity contribution in [3.05, 3.63) is 77.4 Å². The van der Waals surface area contributed by atoms with E-state index in [0.717, 1.165) is 27.9 Å². The summed E-state index contributed by atoms with van der Waals surface area (Å²) in [5.41, 5.74) is 4.19. The number of aryl methyl sites for hydroxylation is 1. The third-order valence-corrected chi connectivity index (χ3v) is 7.14. The lowest BCUT2D eigenvalue weighted by Gasteiger charge is -2.38. The molecule has 1 amide bonds. The van der Waals surface area contributed by atoms with Crippen LogP contribution < -0.4 is 10.1 Å². The van der Waals surface area contributed by atoms with Gasteiger partial charge in [0.2, 0.25) is 0 Å². The van der Waals surface area contributed by atoms with Gasteiger partial charge in [-0.1, -0.05) is 6.07 Å². The van der Waals surface area contributed by atoms with Gasteiger partial charge in [-0.2, -0.15) is 5.10 Å². The first kappa shape index (κ1) is 26.3. The molecule has 2 atom stereocenters. The van der Waals surface area contributed by atoms with Crippen LogP contribution in [0.5, 0.6) is 5.75 Å². The highest BCUT2D eigenvalue weighted by atomic mass is 19.1. The standard InChI is InChI=1S/C29H30FN5O4/c1-17-13-18(11-12-31-17)27-21-14-19(7-9-24(21)33-34-27)28(36)32-20-8-10-25(29(37)39-3)35(15-20)16-22-23(30)5-4-6-26(22)38-2/h4-7,9,11-14,20,25H,8,10,15-16H2,1-3H3,(H,32,36)(H,33,34). The Labute approximate surface area is 225 Å². The lowest BCUT2D eigenvalue weighted by atomic mass is 9.96. The van der Waals surface area contributed by atoms with Crippen molar-refractivity contribution in [1.82, 2.24) is 25.4 Å². The number of methoxy groups -OCH3 is 2. The molecule has 0 bridgehead atoms. The average Bonchev–Trinajstić information content (AvgIpc) is 3.37. The molecule has 0 saturated carbocycles. The number of rotatable bonds is 7. The summed E-state index contributed by atoms with van der Waals surface area (Å²) in [5.74, 6) is -0.643. The quantitative estimate of drug-likeness (QED) is 0.347. The summed E-state index contributed by atoms with van der Waals surface area (Å²) in [4.78, 5) is 32.0. The number of likely N-dealkylation sites (tertiary alicyclic amines) is 1. The third kappa shape index (κ3) is 5.46. The number of fused-ring (bicyclic) bond motifs is 1. The Kier molecular flexibility index (Phi) is 7.56. The van der Waals surface area contributed by atoms with Crippen LogP contribution in [-0.4, -0.2) is 64.8 Å². The molecule has 4 aromatic rings. The lowest BCUT2D eigenvalue weighted by molar-refractivity contribution is -0.148. The Balaban J connectivity index is 1.36. The Morgan fingerprint density at radius 2 is 2.00 bits per heavy atom. The monoisotopic (exact) mass is 531 g/mol. The van der Waals surface area contributed by atoms with Crippen molar-refractivity contribution in [2.75, 3.05) is 20.8 Å². The van der Waals surface area contributed by atoms with E-state index in [-0.39, 0.29) is 24.5 Å². The van der Waals surface area contributed by atoms with Crippen LogP contribution in [0.4, 0.5) is 4.39 Å². The number of ether oxygens (including phenoxy) is 2. The maximum absolute atomic E-state index is 14.7. The number of aromatic nitrogens is 3. The number of piperidine rings is 1. The molecule has 5 rings (SSSR count). The highest BCUT2D eigenvalue weighted by Crippen LogP contribution is 2.29. The summed E-state index contributed by atoms with van der Waals surface area (Å²) in [6.45, 7) is 2.40. The lowest BCUT2D eigenvalue weighted by Crippen LogP contribution is -2.54. The van der Waals surface area contributed by atoms with E-state index in [1.807, 2.05) is 36.1 Å². The molecule has 1 aliphatic heterocycles. The number of carbonyl (C=O) groups is 2. The van der Waals surface area contributed by atoms with E-state index in [4.69, 9.17) is 9.47 Å². The van der Waals surface area contributed by atoms with Gasteiger partial charge >= 0.3 is 5.97 Å². The maximum Gasteiger partial charge on any atom is 0.323 e. The molecule has 1 aliphatic rings. The summed E-state index contributed by atoms with van der Waals surface area (Å²) in [5, 5.41) is 11.4. The molecule has 9 nitrogen and oxygen atoms in total. The van der Waals surface area contributed by atoms with Crippen LogP contribution in [0, 0.1) is 12.7 Å². The van der Waals surface area contributed by atoms with Crippen molar-refractivity contribution < 1.29 is 23.5 Å². The van der Waals surface area contributed by atoms with Crippen LogP contribution in [0.15, 0.2) is 54.7 Å². The first-order valence-corrected chi connectivity index (χ1v) is 12.7. The summed E-state index contributed by atoms with van der Waals surface area (Å²) in [6.07, 6.45) is 2.77. The van der Waals surface area contributed by atoms with Crippen molar-refractivity contribution in [2.45, 2.75) is 38.4 Å². The van der Waals surface area contributed by atoms with Gasteiger partial charge in [-0.25, -0.2) is 4.39 Å². The van der Waals surface area contributed by atoms with Crippen LogP contribution in [0.25, 0.3) is 22.2 Å². The van der Waals surface area contributed by atoms with Gasteiger partial charge in [0.15, 0.2) is 0 Å². The third-order valence-electron chi connectivity index (χ3n) is 7.14. The number of aromatic amines is 1. The number of benzene rings is 2. The van der Waals surface area contributed by atoms with E-state index in [9.17, 15) is 14.0 Å². The summed E-state index contributed by atoms with van der Waals surface area (Å²) in [6, 6.07) is 13.0. The number of pyridine rings is 1. The number of nitrogens with zero attached hydrogens (tertiary/aromatic N) is 3. The molecule has 2 N–H and O–H groups in total. The van der Waals surface area contributed by atoms with Gasteiger partial charge in [-0.05, 0) is 62.2 Å². The summed E-state index contributed by atoms with van der Waals surface area (Å²) in [7, 11) is 2.82. The second-order valence-corrected chi connectivity index (χ2v) is 9.66. The minimum atomic E-state index is -0.555. The molecule has 39 heavy (non-hydrogen) atoms. The molecular weight excluding hydrogens is 501 g/mol. The molecule has 3 heterocycles. The fraction of sp³-hybridized carbons (Fsp3) is 0.310. The van der Waals surface area contributed by atoms with Crippen molar-refractivity contribution >= 4 is 22.8 Å². The SMILES string of the molecule is COC(=O)C1CCC(NC(=O)c2ccc3[nH]nc(-c4ccnc(C)c4)c3c2)CN1Cc1c(F)cccc1OC. The first-order valence-electron chi connectivity index (χ1n) is 12.7. The van der Waals surface area contributed by atoms with E-state index >= 15 is 0 Å². The van der Waals surface area contributed by atoms with Crippen LogP contribution >= 0.6 is 0 Å². The summed E-state index contributed by atoms with van der Waals surface area (Å²) >= 11 is 0. The molecule has 202 valence electrons. The van der Waals surface area contributed by atoms with Gasteiger partial charge in [0.25, 0.3) is 5.91 Å². The number of nitrogens with one attached hydrogen (secondary N) is 2. The molecule has 0 radical (unpaired) electrons. The number of hydrogen-bond acceptors (Lipinski definition) is 7. The Morgan fingerprint density at radius 1 is 1.15 bits per heavy atom. The minimum absolute atomic E-state index is 0.137. The Bertz CT molecular complexity index is 1520. The largest absolute Gasteiger partial charge is 0.496 e. The second-order valence-electron chi connectivity index (χ2n) is 9.66. The fourth-order valence-electron chi connectivity index (χ4n) is 5.16. The first-order chi connectivity index (χ1) is 18.9. The van der Waals surface area contributed by atoms with Gasteiger partial charge in [0, 0.05) is 53.1 Å². The van der Waals surface area contributed by atoms with Gasteiger partial charge in [-0.3, -0.25) is 24.6 Å². The molecular formula is C29H30FN5O4.